The molecule has 0 aliphatic heterocycles. The number of allylic oxidation sites excluding steroid dienone is 1. The molecule has 238 valence electrons. The number of pyridine rings is 1. The van der Waals surface area contributed by atoms with E-state index < -0.39 is 63.8 Å². The van der Waals surface area contributed by atoms with E-state index in [1.807, 2.05) is 20.8 Å². The highest BCUT2D eigenvalue weighted by molar-refractivity contribution is 5.95. The number of esters is 1. The zero-order chi connectivity index (χ0) is 31.8. The number of ketones is 1. The molecule has 9 heteroatoms. The van der Waals surface area contributed by atoms with Crippen LogP contribution in [0.1, 0.15) is 96.8 Å². The van der Waals surface area contributed by atoms with E-state index in [-0.39, 0.29) is 42.4 Å². The molecule has 3 saturated carbocycles. The lowest BCUT2D eigenvalue weighted by molar-refractivity contribution is -0.180. The Labute approximate surface area is 254 Å². The van der Waals surface area contributed by atoms with Crippen LogP contribution in [0.15, 0.2) is 36.2 Å². The molecule has 1 heterocycles. The maximum absolute atomic E-state index is 13.5. The minimum atomic E-state index is -1.58. The van der Waals surface area contributed by atoms with Gasteiger partial charge in [0.1, 0.15) is 11.7 Å². The van der Waals surface area contributed by atoms with Gasteiger partial charge in [0, 0.05) is 23.7 Å². The molecule has 1 aromatic heterocycles. The van der Waals surface area contributed by atoms with E-state index in [9.17, 15) is 35.1 Å². The van der Waals surface area contributed by atoms with E-state index in [0.717, 1.165) is 0 Å². The first-order chi connectivity index (χ1) is 19.9. The molecule has 5 rings (SSSR count). The summed E-state index contributed by atoms with van der Waals surface area (Å²) in [7, 11) is 0. The fraction of sp³-hybridized carbons (Fsp3) is 0.735. The van der Waals surface area contributed by atoms with Crippen molar-refractivity contribution in [3.63, 3.8) is 0 Å². The highest BCUT2D eigenvalue weighted by Gasteiger charge is 2.69. The summed E-state index contributed by atoms with van der Waals surface area (Å²) in [6.07, 6.45) is 4.34. The van der Waals surface area contributed by atoms with Crippen LogP contribution in [0.4, 0.5) is 0 Å². The fourth-order valence-electron chi connectivity index (χ4n) is 9.23. The lowest BCUT2D eigenvalue weighted by Gasteiger charge is -2.60. The van der Waals surface area contributed by atoms with Gasteiger partial charge in [-0.3, -0.25) is 9.78 Å². The number of aliphatic hydroxyl groups excluding tert-OH is 2. The number of nitrogens with zero attached hydrogens (tertiary/aromatic N) is 1. The predicted molar refractivity (Wildman–Crippen MR) is 159 cm³/mol. The van der Waals surface area contributed by atoms with E-state index in [1.165, 1.54) is 6.20 Å². The summed E-state index contributed by atoms with van der Waals surface area (Å²) < 4.78 is 6.03. The van der Waals surface area contributed by atoms with E-state index in [0.29, 0.717) is 31.3 Å². The van der Waals surface area contributed by atoms with Crippen molar-refractivity contribution in [2.45, 2.75) is 122 Å². The zero-order valence-electron chi connectivity index (χ0n) is 26.3. The summed E-state index contributed by atoms with van der Waals surface area (Å²) in [5.41, 5.74) is -4.57. The Morgan fingerprint density at radius 1 is 1.12 bits per heavy atom. The molecule has 0 amide bonds. The summed E-state index contributed by atoms with van der Waals surface area (Å²) >= 11 is 0. The molecule has 43 heavy (non-hydrogen) atoms. The maximum atomic E-state index is 13.5. The van der Waals surface area contributed by atoms with Gasteiger partial charge in [0.05, 0.1) is 29.0 Å². The summed E-state index contributed by atoms with van der Waals surface area (Å²) in [6, 6.07) is 3.23. The lowest BCUT2D eigenvalue weighted by atomic mass is 9.45. The molecule has 0 unspecified atom stereocenters. The van der Waals surface area contributed by atoms with Crippen LogP contribution >= 0.6 is 0 Å². The van der Waals surface area contributed by atoms with Crippen molar-refractivity contribution in [1.29, 1.82) is 0 Å². The first kappa shape index (κ1) is 32.2. The lowest BCUT2D eigenvalue weighted by Crippen LogP contribution is -2.63. The maximum Gasteiger partial charge on any atom is 0.340 e. The number of hydrogen-bond acceptors (Lipinski definition) is 9. The number of aromatic nitrogens is 1. The molecule has 4 aliphatic rings. The number of rotatable bonds is 7. The molecule has 0 radical (unpaired) electrons. The van der Waals surface area contributed by atoms with Gasteiger partial charge in [0.15, 0.2) is 5.78 Å². The summed E-state index contributed by atoms with van der Waals surface area (Å²) in [5.74, 6) is -2.15. The third-order valence-electron chi connectivity index (χ3n) is 12.4. The monoisotopic (exact) mass is 599 g/mol. The van der Waals surface area contributed by atoms with Gasteiger partial charge in [-0.15, -0.1) is 0 Å². The van der Waals surface area contributed by atoms with Gasteiger partial charge in [0.25, 0.3) is 0 Å². The van der Waals surface area contributed by atoms with Gasteiger partial charge >= 0.3 is 5.97 Å². The van der Waals surface area contributed by atoms with E-state index >= 15 is 0 Å². The summed E-state index contributed by atoms with van der Waals surface area (Å²) in [6.45, 7) is 10.9. The second kappa shape index (κ2) is 10.7. The second-order valence-electron chi connectivity index (χ2n) is 15.2. The smallest absolute Gasteiger partial charge is 0.340 e. The molecule has 0 saturated heterocycles. The Morgan fingerprint density at radius 3 is 2.44 bits per heavy atom. The Balaban J connectivity index is 1.50. The predicted octanol–water partition coefficient (Wildman–Crippen LogP) is 3.36. The first-order valence-corrected chi connectivity index (χ1v) is 15.8. The number of carbonyl (C=O) groups is 2. The van der Waals surface area contributed by atoms with Crippen LogP contribution in [-0.4, -0.2) is 77.4 Å². The minimum Gasteiger partial charge on any atom is -0.456 e. The number of carbonyl (C=O) groups excluding carboxylic acids is 2. The molecule has 9 nitrogen and oxygen atoms in total. The highest BCUT2D eigenvalue weighted by Crippen LogP contribution is 2.68. The Kier molecular flexibility index (Phi) is 8.04. The third-order valence-corrected chi connectivity index (χ3v) is 12.4. The Hall–Kier alpha value is -2.17. The van der Waals surface area contributed by atoms with Gasteiger partial charge in [-0.1, -0.05) is 20.8 Å². The minimum absolute atomic E-state index is 0.130. The van der Waals surface area contributed by atoms with E-state index in [1.54, 1.807) is 45.2 Å². The molecule has 4 aliphatic carbocycles. The van der Waals surface area contributed by atoms with Gasteiger partial charge in [-0.2, -0.15) is 0 Å². The molecule has 0 spiro atoms. The molecule has 5 N–H and O–H groups in total. The summed E-state index contributed by atoms with van der Waals surface area (Å²) in [4.78, 5) is 30.8. The van der Waals surface area contributed by atoms with Crippen LogP contribution in [0.25, 0.3) is 0 Å². The Bertz CT molecular complexity index is 1270. The average Bonchev–Trinajstić information content (AvgIpc) is 3.21. The molecule has 3 fully saturated rings. The molecule has 1 aromatic rings. The first-order valence-electron chi connectivity index (χ1n) is 15.8. The fourth-order valence-corrected chi connectivity index (χ4v) is 9.23. The standard InChI is InChI=1S/C34H49NO8/c1-19(30(2,3)40)14-28(43-29(39)20-8-7-13-35-18-20)33(6,41)27-10-12-34(42)22-15-24(36)23-16-25(37)26(38)17-31(23,4)21(22)9-11-32(27,34)5/h7-8,13,15,18-19,21,23,25-28,37-38,40-42H,9-12,14,16-17H2,1-6H3/t19-,21+,23+,25-,26+,27+,28-,31-,32-,33-,34-/m1/s1. The van der Waals surface area contributed by atoms with Gasteiger partial charge in [-0.25, -0.2) is 4.79 Å². The van der Waals surface area contributed by atoms with Gasteiger partial charge < -0.3 is 30.3 Å². The van der Waals surface area contributed by atoms with Crippen LogP contribution in [0.3, 0.4) is 0 Å². The second-order valence-corrected chi connectivity index (χ2v) is 15.2. The highest BCUT2D eigenvalue weighted by atomic mass is 16.6. The van der Waals surface area contributed by atoms with Crippen LogP contribution in [0.2, 0.25) is 0 Å². The van der Waals surface area contributed by atoms with Crippen molar-refractivity contribution in [2.24, 2.45) is 34.5 Å². The van der Waals surface area contributed by atoms with E-state index in [2.05, 4.69) is 4.98 Å². The molecule has 0 bridgehead atoms. The number of fused-ring (bicyclic) bond motifs is 5. The number of ether oxygens (including phenoxy) is 1. The number of hydrogen-bond donors (Lipinski definition) is 5. The quantitative estimate of drug-likeness (QED) is 0.297. The van der Waals surface area contributed by atoms with Crippen LogP contribution < -0.4 is 0 Å². The van der Waals surface area contributed by atoms with Crippen molar-refractivity contribution in [3.05, 3.63) is 41.7 Å². The van der Waals surface area contributed by atoms with Crippen LogP contribution in [-0.2, 0) is 9.53 Å². The van der Waals surface area contributed by atoms with Gasteiger partial charge in [0.2, 0.25) is 0 Å². The van der Waals surface area contributed by atoms with Crippen molar-refractivity contribution >= 4 is 11.8 Å². The topological polar surface area (TPSA) is 157 Å². The van der Waals surface area contributed by atoms with Crippen molar-refractivity contribution in [3.8, 4) is 0 Å². The van der Waals surface area contributed by atoms with E-state index in [4.69, 9.17) is 4.74 Å². The third kappa shape index (κ3) is 5.09. The van der Waals surface area contributed by atoms with Crippen LogP contribution in [0.5, 0.6) is 0 Å². The molecule has 0 aromatic carbocycles. The summed E-state index contributed by atoms with van der Waals surface area (Å²) in [5, 5.41) is 56.7. The van der Waals surface area contributed by atoms with Crippen molar-refractivity contribution in [2.75, 3.05) is 0 Å². The normalized spacial score (nSPS) is 40.3. The average molecular weight is 600 g/mol. The Morgan fingerprint density at radius 2 is 1.81 bits per heavy atom. The largest absolute Gasteiger partial charge is 0.456 e. The van der Waals surface area contributed by atoms with Crippen molar-refractivity contribution < 1.29 is 39.9 Å². The van der Waals surface area contributed by atoms with Crippen LogP contribution in [0, 0.1) is 34.5 Å². The molecular formula is C34H49NO8. The number of aliphatic hydroxyl groups is 5. The zero-order valence-corrected chi connectivity index (χ0v) is 26.3. The van der Waals surface area contributed by atoms with Gasteiger partial charge in [-0.05, 0) is 113 Å². The SMILES string of the molecule is C[C@H](C[C@@H](OC(=O)c1cccnc1)[C@](C)(O)[C@H]1CC[C@@]2(O)C3=CC(=O)[C@@H]4C[C@@H](O)[C@@H](O)C[C@]4(C)[C@H]3CC[C@]12C)C(C)(C)O. The molecular weight excluding hydrogens is 550 g/mol. The molecule has 11 atom stereocenters. The van der Waals surface area contributed by atoms with Crippen molar-refractivity contribution in [1.82, 2.24) is 4.98 Å².